The molecule has 17 heavy (non-hydrogen) atoms. The first kappa shape index (κ1) is 10.4. The molecule has 1 atom stereocenters. The van der Waals surface area contributed by atoms with E-state index in [1.165, 1.54) is 0 Å². The number of imide groups is 1. The van der Waals surface area contributed by atoms with Crippen LogP contribution in [0.2, 0.25) is 5.02 Å². The molecule has 2 heterocycles. The second-order valence-electron chi connectivity index (χ2n) is 4.10. The summed E-state index contributed by atoms with van der Waals surface area (Å²) in [6.07, 6.45) is 1.98. The molecule has 5 heteroatoms. The summed E-state index contributed by atoms with van der Waals surface area (Å²) in [6.45, 7) is 0. The summed E-state index contributed by atoms with van der Waals surface area (Å²) in [4.78, 5) is 25.9. The van der Waals surface area contributed by atoms with E-state index in [9.17, 15) is 9.59 Å². The van der Waals surface area contributed by atoms with Gasteiger partial charge < -0.3 is 4.98 Å². The molecule has 2 N–H and O–H groups in total. The Bertz CT molecular complexity index is 632. The lowest BCUT2D eigenvalue weighted by molar-refractivity contribution is -0.125. The van der Waals surface area contributed by atoms with Gasteiger partial charge in [0.15, 0.2) is 0 Å². The highest BCUT2D eigenvalue weighted by molar-refractivity contribution is 6.31. The molecule has 1 aromatic heterocycles. The fourth-order valence-electron chi connectivity index (χ4n) is 2.21. The predicted octanol–water partition coefficient (Wildman–Crippen LogP) is 1.95. The van der Waals surface area contributed by atoms with Crippen LogP contribution >= 0.6 is 11.6 Å². The molecule has 1 fully saturated rings. The van der Waals surface area contributed by atoms with E-state index in [4.69, 9.17) is 11.6 Å². The molecule has 1 aliphatic heterocycles. The van der Waals surface area contributed by atoms with Crippen molar-refractivity contribution < 1.29 is 9.59 Å². The van der Waals surface area contributed by atoms with Crippen LogP contribution in [0, 0.1) is 0 Å². The molecule has 4 nitrogen and oxygen atoms in total. The standard InChI is InChI=1S/C12H9ClN2O2/c13-6-1-2-7-9(5-14-10(7)3-6)8-4-11(16)15-12(8)17/h1-3,5,8,14H,4H2,(H,15,16,17). The summed E-state index contributed by atoms with van der Waals surface area (Å²) in [5.41, 5.74) is 1.72. The molecule has 0 bridgehead atoms. The Morgan fingerprint density at radius 1 is 1.29 bits per heavy atom. The first-order chi connectivity index (χ1) is 8.15. The lowest BCUT2D eigenvalue weighted by atomic mass is 9.97. The average Bonchev–Trinajstić information content (AvgIpc) is 2.81. The van der Waals surface area contributed by atoms with Crippen molar-refractivity contribution in [2.45, 2.75) is 12.3 Å². The summed E-state index contributed by atoms with van der Waals surface area (Å²) >= 11 is 5.89. The number of carbonyl (C=O) groups is 2. The van der Waals surface area contributed by atoms with Gasteiger partial charge in [0.2, 0.25) is 11.8 Å². The summed E-state index contributed by atoms with van der Waals surface area (Å²) in [6, 6.07) is 5.44. The number of amides is 2. The average molecular weight is 249 g/mol. The van der Waals surface area contributed by atoms with Gasteiger partial charge in [-0.05, 0) is 17.7 Å². The molecule has 3 rings (SSSR count). The Morgan fingerprint density at radius 3 is 2.82 bits per heavy atom. The fraction of sp³-hybridized carbons (Fsp3) is 0.167. The molecule has 1 unspecified atom stereocenters. The summed E-state index contributed by atoms with van der Waals surface area (Å²) in [7, 11) is 0. The molecular formula is C12H9ClN2O2. The van der Waals surface area contributed by atoms with Crippen molar-refractivity contribution in [2.24, 2.45) is 0 Å². The maximum absolute atomic E-state index is 11.6. The summed E-state index contributed by atoms with van der Waals surface area (Å²) in [5.74, 6) is -0.841. The second-order valence-corrected chi connectivity index (χ2v) is 4.54. The number of halogens is 1. The number of nitrogens with one attached hydrogen (secondary N) is 2. The zero-order valence-corrected chi connectivity index (χ0v) is 9.54. The van der Waals surface area contributed by atoms with Crippen molar-refractivity contribution in [3.8, 4) is 0 Å². The van der Waals surface area contributed by atoms with Crippen LogP contribution in [-0.2, 0) is 9.59 Å². The third-order valence-electron chi connectivity index (χ3n) is 3.02. The summed E-state index contributed by atoms with van der Waals surface area (Å²) in [5, 5.41) is 3.88. The van der Waals surface area contributed by atoms with Gasteiger partial charge >= 0.3 is 0 Å². The fourth-order valence-corrected chi connectivity index (χ4v) is 2.39. The minimum Gasteiger partial charge on any atom is -0.361 e. The van der Waals surface area contributed by atoms with Gasteiger partial charge in [-0.3, -0.25) is 14.9 Å². The van der Waals surface area contributed by atoms with Gasteiger partial charge in [0.05, 0.1) is 5.92 Å². The van der Waals surface area contributed by atoms with E-state index in [0.717, 1.165) is 16.5 Å². The monoisotopic (exact) mass is 248 g/mol. The van der Waals surface area contributed by atoms with Gasteiger partial charge in [-0.1, -0.05) is 17.7 Å². The Labute approximate surface area is 102 Å². The molecule has 86 valence electrons. The van der Waals surface area contributed by atoms with Crippen molar-refractivity contribution >= 4 is 34.3 Å². The number of carbonyl (C=O) groups excluding carboxylic acids is 2. The smallest absolute Gasteiger partial charge is 0.234 e. The first-order valence-corrected chi connectivity index (χ1v) is 5.63. The number of H-pyrrole nitrogens is 1. The quantitative estimate of drug-likeness (QED) is 0.758. The Hall–Kier alpha value is -1.81. The van der Waals surface area contributed by atoms with E-state index in [1.54, 1.807) is 18.3 Å². The SMILES string of the molecule is O=C1CC(c2c[nH]c3cc(Cl)ccc23)C(=O)N1. The van der Waals surface area contributed by atoms with E-state index in [2.05, 4.69) is 10.3 Å². The molecule has 0 spiro atoms. The topological polar surface area (TPSA) is 62.0 Å². The van der Waals surface area contributed by atoms with Crippen LogP contribution in [0.1, 0.15) is 17.9 Å². The Kier molecular flexibility index (Phi) is 2.19. The normalized spacial score (nSPS) is 19.9. The van der Waals surface area contributed by atoms with E-state index in [1.807, 2.05) is 6.07 Å². The minimum atomic E-state index is -0.391. The van der Waals surface area contributed by atoms with Gasteiger partial charge in [0.1, 0.15) is 0 Å². The maximum Gasteiger partial charge on any atom is 0.234 e. The van der Waals surface area contributed by atoms with Crippen LogP contribution in [0.25, 0.3) is 10.9 Å². The molecule has 0 aliphatic carbocycles. The molecule has 2 aromatic rings. The molecule has 1 aliphatic rings. The number of rotatable bonds is 1. The Balaban J connectivity index is 2.12. The molecule has 1 aromatic carbocycles. The second kappa shape index (κ2) is 3.60. The Morgan fingerprint density at radius 2 is 2.12 bits per heavy atom. The number of fused-ring (bicyclic) bond motifs is 1. The molecular weight excluding hydrogens is 240 g/mol. The van der Waals surface area contributed by atoms with Gasteiger partial charge in [-0.25, -0.2) is 0 Å². The maximum atomic E-state index is 11.6. The van der Waals surface area contributed by atoms with Gasteiger partial charge in [0.25, 0.3) is 0 Å². The highest BCUT2D eigenvalue weighted by Crippen LogP contribution is 2.31. The van der Waals surface area contributed by atoms with Gasteiger partial charge in [-0.2, -0.15) is 0 Å². The lowest BCUT2D eigenvalue weighted by Crippen LogP contribution is -2.21. The van der Waals surface area contributed by atoms with Crippen molar-refractivity contribution in [3.05, 3.63) is 35.0 Å². The van der Waals surface area contributed by atoms with Crippen LogP contribution in [0.3, 0.4) is 0 Å². The third kappa shape index (κ3) is 1.61. The van der Waals surface area contributed by atoms with Gasteiger partial charge in [0, 0.05) is 28.5 Å². The third-order valence-corrected chi connectivity index (χ3v) is 3.25. The number of hydrogen-bond acceptors (Lipinski definition) is 2. The minimum absolute atomic E-state index is 0.217. The largest absolute Gasteiger partial charge is 0.361 e. The van der Waals surface area contributed by atoms with Crippen LogP contribution in [0.5, 0.6) is 0 Å². The van der Waals surface area contributed by atoms with E-state index >= 15 is 0 Å². The van der Waals surface area contributed by atoms with Gasteiger partial charge in [-0.15, -0.1) is 0 Å². The number of aromatic amines is 1. The van der Waals surface area contributed by atoms with Crippen LogP contribution in [-0.4, -0.2) is 16.8 Å². The van der Waals surface area contributed by atoms with Crippen LogP contribution in [0.15, 0.2) is 24.4 Å². The van der Waals surface area contributed by atoms with Crippen molar-refractivity contribution in [2.75, 3.05) is 0 Å². The molecule has 2 amide bonds. The van der Waals surface area contributed by atoms with E-state index < -0.39 is 5.92 Å². The number of hydrogen-bond donors (Lipinski definition) is 2. The number of aromatic nitrogens is 1. The van der Waals surface area contributed by atoms with E-state index in [-0.39, 0.29) is 18.2 Å². The van der Waals surface area contributed by atoms with Crippen LogP contribution in [0.4, 0.5) is 0 Å². The molecule has 0 saturated carbocycles. The molecule has 1 saturated heterocycles. The molecule has 0 radical (unpaired) electrons. The van der Waals surface area contributed by atoms with Crippen molar-refractivity contribution in [3.63, 3.8) is 0 Å². The zero-order chi connectivity index (χ0) is 12.0. The van der Waals surface area contributed by atoms with Crippen molar-refractivity contribution in [1.82, 2.24) is 10.3 Å². The van der Waals surface area contributed by atoms with E-state index in [0.29, 0.717) is 5.02 Å². The first-order valence-electron chi connectivity index (χ1n) is 5.25. The number of benzene rings is 1. The highest BCUT2D eigenvalue weighted by Gasteiger charge is 2.33. The highest BCUT2D eigenvalue weighted by atomic mass is 35.5. The predicted molar refractivity (Wildman–Crippen MR) is 63.8 cm³/mol. The zero-order valence-electron chi connectivity index (χ0n) is 8.79. The van der Waals surface area contributed by atoms with Crippen molar-refractivity contribution in [1.29, 1.82) is 0 Å². The lowest BCUT2D eigenvalue weighted by Gasteiger charge is -2.03. The summed E-state index contributed by atoms with van der Waals surface area (Å²) < 4.78 is 0. The van der Waals surface area contributed by atoms with Crippen LogP contribution < -0.4 is 5.32 Å².